The van der Waals surface area contributed by atoms with Crippen molar-refractivity contribution in [1.29, 1.82) is 0 Å². The molecule has 1 aliphatic rings. The van der Waals surface area contributed by atoms with Gasteiger partial charge in [0.2, 0.25) is 0 Å². The third-order valence-corrected chi connectivity index (χ3v) is 6.82. The zero-order valence-electron chi connectivity index (χ0n) is 18.0. The topological polar surface area (TPSA) is 97.6 Å². The van der Waals surface area contributed by atoms with Crippen LogP contribution in [0.1, 0.15) is 58.9 Å². The van der Waals surface area contributed by atoms with E-state index in [0.717, 1.165) is 10.4 Å². The van der Waals surface area contributed by atoms with Crippen molar-refractivity contribution in [3.63, 3.8) is 0 Å². The summed E-state index contributed by atoms with van der Waals surface area (Å²) in [6.07, 6.45) is 0.598. The molecule has 0 saturated heterocycles. The molecule has 1 amide bonds. The number of hydrogen-bond donors (Lipinski definition) is 2. The number of fused-ring (bicyclic) bond motifs is 2. The van der Waals surface area contributed by atoms with Gasteiger partial charge in [-0.05, 0) is 51.8 Å². The Labute approximate surface area is 183 Å². The maximum atomic E-state index is 13.0. The van der Waals surface area contributed by atoms with Gasteiger partial charge in [-0.3, -0.25) is 4.79 Å². The second kappa shape index (κ2) is 7.32. The van der Waals surface area contributed by atoms with Crippen LogP contribution in [0.4, 0.5) is 5.00 Å². The zero-order chi connectivity index (χ0) is 22.6. The fraction of sp³-hybridized carbons (Fsp3) is 0.348. The van der Waals surface area contributed by atoms with E-state index in [4.69, 9.17) is 9.15 Å². The molecule has 0 atom stereocenters. The van der Waals surface area contributed by atoms with Gasteiger partial charge < -0.3 is 19.8 Å². The fourth-order valence-electron chi connectivity index (χ4n) is 4.32. The zero-order valence-corrected chi connectivity index (χ0v) is 18.9. The Morgan fingerprint density at radius 1 is 1.19 bits per heavy atom. The molecule has 0 bridgehead atoms. The molecule has 4 rings (SSSR count). The predicted molar refractivity (Wildman–Crippen MR) is 120 cm³/mol. The summed E-state index contributed by atoms with van der Waals surface area (Å²) in [6.45, 7) is 8.20. The summed E-state index contributed by atoms with van der Waals surface area (Å²) in [5.41, 5.74) is 0.0752. The molecule has 2 N–H and O–H groups in total. The second-order valence-corrected chi connectivity index (χ2v) is 9.88. The van der Waals surface area contributed by atoms with E-state index in [0.29, 0.717) is 28.0 Å². The van der Waals surface area contributed by atoms with Gasteiger partial charge in [-0.15, -0.1) is 11.3 Å². The van der Waals surface area contributed by atoms with Crippen LogP contribution in [0.2, 0.25) is 0 Å². The molecule has 0 unspecified atom stereocenters. The monoisotopic (exact) mass is 440 g/mol. The molecule has 0 saturated carbocycles. The summed E-state index contributed by atoms with van der Waals surface area (Å²) in [7, 11) is 1.31. The summed E-state index contributed by atoms with van der Waals surface area (Å²) in [5, 5.41) is 7.34. The summed E-state index contributed by atoms with van der Waals surface area (Å²) < 4.78 is 10.3. The SMILES string of the molecule is COC(=O)c1c(NC(=O)c2cc3ccccc3oc2=O)sc2c1CC(C)(C)NC2(C)C. The van der Waals surface area contributed by atoms with Crippen molar-refractivity contribution < 1.29 is 18.7 Å². The van der Waals surface area contributed by atoms with Crippen molar-refractivity contribution >= 4 is 39.2 Å². The lowest BCUT2D eigenvalue weighted by atomic mass is 9.81. The number of carbonyl (C=O) groups excluding carboxylic acids is 2. The third kappa shape index (κ3) is 3.77. The molecule has 3 heterocycles. The number of thiophene rings is 1. The molecule has 8 heteroatoms. The lowest BCUT2D eigenvalue weighted by Gasteiger charge is -2.42. The van der Waals surface area contributed by atoms with Crippen LogP contribution in [0, 0.1) is 0 Å². The average Bonchev–Trinajstić information content (AvgIpc) is 3.03. The van der Waals surface area contributed by atoms with Gasteiger partial charge in [-0.2, -0.15) is 0 Å². The molecule has 0 spiro atoms. The molecule has 0 radical (unpaired) electrons. The van der Waals surface area contributed by atoms with E-state index in [-0.39, 0.29) is 11.1 Å². The number of benzene rings is 1. The van der Waals surface area contributed by atoms with Crippen LogP contribution in [0.25, 0.3) is 11.0 Å². The molecule has 2 aromatic heterocycles. The van der Waals surface area contributed by atoms with Crippen LogP contribution in [0.5, 0.6) is 0 Å². The van der Waals surface area contributed by atoms with Gasteiger partial charge in [0.15, 0.2) is 0 Å². The first-order chi connectivity index (χ1) is 14.5. The van der Waals surface area contributed by atoms with E-state index in [1.54, 1.807) is 24.3 Å². The van der Waals surface area contributed by atoms with Crippen LogP contribution in [-0.4, -0.2) is 24.5 Å². The van der Waals surface area contributed by atoms with E-state index < -0.39 is 23.0 Å². The van der Waals surface area contributed by atoms with Crippen LogP contribution in [0.15, 0.2) is 39.5 Å². The summed E-state index contributed by atoms with van der Waals surface area (Å²) >= 11 is 1.32. The van der Waals surface area contributed by atoms with Crippen molar-refractivity contribution in [3.8, 4) is 0 Å². The van der Waals surface area contributed by atoms with Crippen molar-refractivity contribution in [3.05, 3.63) is 62.3 Å². The summed E-state index contributed by atoms with van der Waals surface area (Å²) in [4.78, 5) is 39.0. The van der Waals surface area contributed by atoms with Crippen molar-refractivity contribution in [2.75, 3.05) is 12.4 Å². The molecule has 31 heavy (non-hydrogen) atoms. The molecular formula is C23H24N2O5S. The fourth-order valence-corrected chi connectivity index (χ4v) is 5.58. The summed E-state index contributed by atoms with van der Waals surface area (Å²) in [5.74, 6) is -1.15. The van der Waals surface area contributed by atoms with Gasteiger partial charge in [0.05, 0.1) is 12.7 Å². The van der Waals surface area contributed by atoms with Gasteiger partial charge in [-0.25, -0.2) is 9.59 Å². The number of hydrogen-bond acceptors (Lipinski definition) is 7. The highest BCUT2D eigenvalue weighted by atomic mass is 32.1. The van der Waals surface area contributed by atoms with Gasteiger partial charge in [0.25, 0.3) is 5.91 Å². The van der Waals surface area contributed by atoms with E-state index in [2.05, 4.69) is 24.5 Å². The second-order valence-electron chi connectivity index (χ2n) is 8.86. The Kier molecular flexibility index (Phi) is 5.02. The molecule has 1 aromatic carbocycles. The van der Waals surface area contributed by atoms with Crippen molar-refractivity contribution in [2.45, 2.75) is 45.2 Å². The Morgan fingerprint density at radius 2 is 1.90 bits per heavy atom. The van der Waals surface area contributed by atoms with E-state index >= 15 is 0 Å². The Morgan fingerprint density at radius 3 is 2.61 bits per heavy atom. The number of rotatable bonds is 3. The highest BCUT2D eigenvalue weighted by Crippen LogP contribution is 2.45. The van der Waals surface area contributed by atoms with Gasteiger partial charge >= 0.3 is 11.6 Å². The molecule has 7 nitrogen and oxygen atoms in total. The van der Waals surface area contributed by atoms with E-state index in [1.165, 1.54) is 24.5 Å². The van der Waals surface area contributed by atoms with Crippen LogP contribution in [0.3, 0.4) is 0 Å². The summed E-state index contributed by atoms with van der Waals surface area (Å²) in [6, 6.07) is 8.47. The molecule has 0 fully saturated rings. The Balaban J connectivity index is 1.80. The smallest absolute Gasteiger partial charge is 0.349 e. The maximum absolute atomic E-state index is 13.0. The number of para-hydroxylation sites is 1. The third-order valence-electron chi connectivity index (χ3n) is 5.35. The number of carbonyl (C=O) groups is 2. The Bertz CT molecular complexity index is 1270. The normalized spacial score (nSPS) is 16.5. The number of amides is 1. The van der Waals surface area contributed by atoms with Gasteiger partial charge in [-0.1, -0.05) is 18.2 Å². The van der Waals surface area contributed by atoms with Crippen LogP contribution >= 0.6 is 11.3 Å². The van der Waals surface area contributed by atoms with Crippen LogP contribution < -0.4 is 16.3 Å². The minimum Gasteiger partial charge on any atom is -0.465 e. The van der Waals surface area contributed by atoms with E-state index in [9.17, 15) is 14.4 Å². The quantitative estimate of drug-likeness (QED) is 0.471. The largest absolute Gasteiger partial charge is 0.465 e. The lowest BCUT2D eigenvalue weighted by Crippen LogP contribution is -2.55. The Hall–Kier alpha value is -2.97. The van der Waals surface area contributed by atoms with Crippen LogP contribution in [-0.2, 0) is 16.7 Å². The van der Waals surface area contributed by atoms with Gasteiger partial charge in [0.1, 0.15) is 16.1 Å². The molecular weight excluding hydrogens is 416 g/mol. The molecule has 3 aromatic rings. The lowest BCUT2D eigenvalue weighted by molar-refractivity contribution is 0.0600. The molecule has 1 aliphatic heterocycles. The number of anilines is 1. The average molecular weight is 441 g/mol. The minimum atomic E-state index is -0.736. The molecule has 0 aliphatic carbocycles. The predicted octanol–water partition coefficient (Wildman–Crippen LogP) is 4.05. The standard InChI is InChI=1S/C23H24N2O5S/c1-22(2)11-14-16(21(28)29-5)19(31-17(14)23(3,4)25-22)24-18(26)13-10-12-8-6-7-9-15(12)30-20(13)27/h6-10,25H,11H2,1-5H3,(H,24,26). The number of methoxy groups -OCH3 is 1. The first-order valence-electron chi connectivity index (χ1n) is 9.90. The van der Waals surface area contributed by atoms with Crippen molar-refractivity contribution in [2.24, 2.45) is 0 Å². The minimum absolute atomic E-state index is 0.126. The van der Waals surface area contributed by atoms with Gasteiger partial charge in [0, 0.05) is 21.3 Å². The molecule has 162 valence electrons. The maximum Gasteiger partial charge on any atom is 0.349 e. The first-order valence-corrected chi connectivity index (χ1v) is 10.7. The van der Waals surface area contributed by atoms with E-state index in [1.807, 2.05) is 13.8 Å². The number of ether oxygens (including phenoxy) is 1. The number of esters is 1. The highest BCUT2D eigenvalue weighted by molar-refractivity contribution is 7.17. The highest BCUT2D eigenvalue weighted by Gasteiger charge is 2.42. The van der Waals surface area contributed by atoms with Crippen molar-refractivity contribution in [1.82, 2.24) is 5.32 Å². The first kappa shape index (κ1) is 21.3. The number of nitrogens with one attached hydrogen (secondary N) is 2.